The number of aromatic nitrogens is 4. The fraction of sp³-hybridized carbons (Fsp3) is 0.346. The summed E-state index contributed by atoms with van der Waals surface area (Å²) in [6.07, 6.45) is 0.665. The summed E-state index contributed by atoms with van der Waals surface area (Å²) in [6, 6.07) is 7.89. The molecule has 0 spiro atoms. The normalized spacial score (nSPS) is 19.7. The lowest BCUT2D eigenvalue weighted by Crippen LogP contribution is -2.54. The number of alkyl halides is 5. The average Bonchev–Trinajstić information content (AvgIpc) is 3.34. The number of para-hydroxylation sites is 1. The summed E-state index contributed by atoms with van der Waals surface area (Å²) in [5.74, 6) is -2.07. The van der Waals surface area contributed by atoms with Gasteiger partial charge in [-0.25, -0.2) is 19.3 Å². The molecule has 1 aromatic carbocycles. The van der Waals surface area contributed by atoms with Crippen molar-refractivity contribution < 1.29 is 31.1 Å². The van der Waals surface area contributed by atoms with Crippen LogP contribution in [0.1, 0.15) is 42.1 Å². The Balaban J connectivity index is 1.36. The molecule has 0 amide bonds. The van der Waals surface area contributed by atoms with Crippen molar-refractivity contribution in [1.29, 1.82) is 0 Å². The molecule has 2 aliphatic rings. The first-order valence-corrected chi connectivity index (χ1v) is 12.0. The molecule has 0 saturated carbocycles. The summed E-state index contributed by atoms with van der Waals surface area (Å²) in [6.45, 7) is -1.44. The number of ether oxygens (including phenoxy) is 1. The highest BCUT2D eigenvalue weighted by molar-refractivity contribution is 5.66. The lowest BCUT2D eigenvalue weighted by Gasteiger charge is -2.39. The van der Waals surface area contributed by atoms with Crippen LogP contribution in [0.25, 0.3) is 16.8 Å². The minimum absolute atomic E-state index is 0.000634. The van der Waals surface area contributed by atoms with E-state index in [0.717, 1.165) is 11.4 Å². The van der Waals surface area contributed by atoms with Gasteiger partial charge in [0.2, 0.25) is 5.95 Å². The second kappa shape index (κ2) is 8.88. The molecule has 1 aliphatic carbocycles. The Morgan fingerprint density at radius 3 is 2.47 bits per heavy atom. The fourth-order valence-corrected chi connectivity index (χ4v) is 5.32. The van der Waals surface area contributed by atoms with Crippen LogP contribution >= 0.6 is 0 Å². The van der Waals surface area contributed by atoms with Crippen LogP contribution in [-0.2, 0) is 0 Å². The van der Waals surface area contributed by atoms with Gasteiger partial charge >= 0.3 is 12.8 Å². The van der Waals surface area contributed by atoms with Gasteiger partial charge in [0.05, 0.1) is 17.3 Å². The number of imidazole rings is 1. The van der Waals surface area contributed by atoms with Crippen LogP contribution in [-0.4, -0.2) is 45.2 Å². The zero-order valence-corrected chi connectivity index (χ0v) is 20.0. The van der Waals surface area contributed by atoms with Crippen molar-refractivity contribution in [2.45, 2.75) is 38.0 Å². The number of pyridine rings is 1. The highest BCUT2D eigenvalue weighted by atomic mass is 19.4. The standard InChI is InChI=1S/C26H21F6N5O/c1-13-6-17(16-4-2-3-5-20(16)38-24(28)29)23-22(13)35-21-7-19(27)18(12-37(21)23)14-8-33-25(34-9-14)36-10-15(11-36)26(30,31)32/h2-5,7-9,12-13,15,17,24H,6,10-11H2,1H3/t13-,17-/m1/s1. The summed E-state index contributed by atoms with van der Waals surface area (Å²) >= 11 is 0. The van der Waals surface area contributed by atoms with Crippen LogP contribution in [0.4, 0.5) is 32.3 Å². The van der Waals surface area contributed by atoms with Crippen LogP contribution in [0.5, 0.6) is 5.75 Å². The van der Waals surface area contributed by atoms with Gasteiger partial charge in [-0.05, 0) is 12.5 Å². The van der Waals surface area contributed by atoms with E-state index in [9.17, 15) is 22.0 Å². The van der Waals surface area contributed by atoms with E-state index in [2.05, 4.69) is 15.0 Å². The van der Waals surface area contributed by atoms with Crippen molar-refractivity contribution in [3.05, 3.63) is 71.7 Å². The molecule has 6 rings (SSSR count). The molecule has 4 heterocycles. The molecule has 3 aromatic heterocycles. The molecule has 38 heavy (non-hydrogen) atoms. The van der Waals surface area contributed by atoms with Crippen molar-refractivity contribution in [3.8, 4) is 16.9 Å². The smallest absolute Gasteiger partial charge is 0.395 e. The van der Waals surface area contributed by atoms with E-state index in [4.69, 9.17) is 4.74 Å². The van der Waals surface area contributed by atoms with Gasteiger partial charge in [0, 0.05) is 66.3 Å². The molecule has 1 aliphatic heterocycles. The molecule has 0 unspecified atom stereocenters. The summed E-state index contributed by atoms with van der Waals surface area (Å²) in [7, 11) is 0. The zero-order chi connectivity index (χ0) is 26.8. The Hall–Kier alpha value is -3.83. The van der Waals surface area contributed by atoms with Crippen LogP contribution in [0, 0.1) is 11.7 Å². The quantitative estimate of drug-likeness (QED) is 0.287. The molecule has 6 nitrogen and oxygen atoms in total. The van der Waals surface area contributed by atoms with E-state index < -0.39 is 24.5 Å². The van der Waals surface area contributed by atoms with E-state index in [0.29, 0.717) is 23.2 Å². The van der Waals surface area contributed by atoms with Gasteiger partial charge in [0.1, 0.15) is 17.2 Å². The number of halogens is 6. The van der Waals surface area contributed by atoms with Crippen molar-refractivity contribution in [1.82, 2.24) is 19.4 Å². The maximum atomic E-state index is 15.2. The van der Waals surface area contributed by atoms with Gasteiger partial charge in [0.25, 0.3) is 0 Å². The van der Waals surface area contributed by atoms with Gasteiger partial charge in [-0.15, -0.1) is 0 Å². The molecule has 0 bridgehead atoms. The van der Waals surface area contributed by atoms with E-state index in [-0.39, 0.29) is 42.2 Å². The van der Waals surface area contributed by atoms with E-state index >= 15 is 4.39 Å². The van der Waals surface area contributed by atoms with Crippen molar-refractivity contribution >= 4 is 11.6 Å². The molecule has 0 N–H and O–H groups in total. The Morgan fingerprint density at radius 1 is 1.08 bits per heavy atom. The Kier molecular flexibility index (Phi) is 5.73. The second-order valence-electron chi connectivity index (χ2n) is 9.67. The number of benzene rings is 1. The summed E-state index contributed by atoms with van der Waals surface area (Å²) in [5, 5.41) is 0. The van der Waals surface area contributed by atoms with Crippen LogP contribution in [0.3, 0.4) is 0 Å². The van der Waals surface area contributed by atoms with Gasteiger partial charge in [-0.2, -0.15) is 22.0 Å². The summed E-state index contributed by atoms with van der Waals surface area (Å²) < 4.78 is 86.2. The first-order chi connectivity index (χ1) is 18.1. The molecule has 12 heteroatoms. The van der Waals surface area contributed by atoms with Gasteiger partial charge in [-0.3, -0.25) is 0 Å². The lowest BCUT2D eigenvalue weighted by atomic mass is 9.94. The van der Waals surface area contributed by atoms with Gasteiger partial charge < -0.3 is 14.0 Å². The Morgan fingerprint density at radius 2 is 1.79 bits per heavy atom. The van der Waals surface area contributed by atoms with Crippen LogP contribution in [0.2, 0.25) is 0 Å². The molecule has 1 fully saturated rings. The number of anilines is 1. The number of rotatable bonds is 5. The monoisotopic (exact) mass is 533 g/mol. The summed E-state index contributed by atoms with van der Waals surface area (Å²) in [4.78, 5) is 14.3. The maximum absolute atomic E-state index is 15.2. The Labute approximate surface area is 212 Å². The molecule has 4 aromatic rings. The molecule has 198 valence electrons. The predicted octanol–water partition coefficient (Wildman–Crippen LogP) is 6.17. The third-order valence-electron chi connectivity index (χ3n) is 7.25. The van der Waals surface area contributed by atoms with Crippen LogP contribution < -0.4 is 9.64 Å². The van der Waals surface area contributed by atoms with Crippen molar-refractivity contribution in [2.75, 3.05) is 18.0 Å². The fourth-order valence-electron chi connectivity index (χ4n) is 5.32. The molecule has 2 atom stereocenters. The molecular weight excluding hydrogens is 512 g/mol. The third-order valence-corrected chi connectivity index (χ3v) is 7.25. The third kappa shape index (κ3) is 4.11. The molecular formula is C26H21F6N5O. The second-order valence-corrected chi connectivity index (χ2v) is 9.67. The van der Waals surface area contributed by atoms with E-state index in [1.807, 2.05) is 6.92 Å². The molecule has 0 radical (unpaired) electrons. The summed E-state index contributed by atoms with van der Waals surface area (Å²) in [5.41, 5.74) is 2.99. The number of hydrogen-bond donors (Lipinski definition) is 0. The minimum atomic E-state index is -4.26. The van der Waals surface area contributed by atoms with E-state index in [1.54, 1.807) is 28.8 Å². The average molecular weight is 533 g/mol. The van der Waals surface area contributed by atoms with Gasteiger partial charge in [-0.1, -0.05) is 25.1 Å². The lowest BCUT2D eigenvalue weighted by molar-refractivity contribution is -0.180. The molecule has 1 saturated heterocycles. The van der Waals surface area contributed by atoms with Crippen LogP contribution in [0.15, 0.2) is 48.9 Å². The maximum Gasteiger partial charge on any atom is 0.395 e. The SMILES string of the molecule is C[C@@H]1C[C@H](c2ccccc2OC(F)F)c2c1nc1cc(F)c(-c3cnc(N4CC(C(F)(F)F)C4)nc3)cn21. The highest BCUT2D eigenvalue weighted by Gasteiger charge is 2.48. The van der Waals surface area contributed by atoms with Crippen molar-refractivity contribution in [3.63, 3.8) is 0 Å². The number of fused-ring (bicyclic) bond motifs is 3. The highest BCUT2D eigenvalue weighted by Crippen LogP contribution is 2.48. The predicted molar refractivity (Wildman–Crippen MR) is 126 cm³/mol. The first-order valence-electron chi connectivity index (χ1n) is 12.0. The minimum Gasteiger partial charge on any atom is -0.435 e. The zero-order valence-electron chi connectivity index (χ0n) is 20.0. The van der Waals surface area contributed by atoms with Crippen molar-refractivity contribution in [2.24, 2.45) is 5.92 Å². The first kappa shape index (κ1) is 24.5. The van der Waals surface area contributed by atoms with Gasteiger partial charge in [0.15, 0.2) is 0 Å². The number of hydrogen-bond acceptors (Lipinski definition) is 5. The topological polar surface area (TPSA) is 55.6 Å². The Bertz CT molecular complexity index is 1500. The number of nitrogens with zero attached hydrogens (tertiary/aromatic N) is 5. The van der Waals surface area contributed by atoms with E-state index in [1.165, 1.54) is 29.4 Å². The largest absolute Gasteiger partial charge is 0.435 e.